The molecule has 5 heterocycles. The van der Waals surface area contributed by atoms with E-state index >= 15 is 0 Å². The summed E-state index contributed by atoms with van der Waals surface area (Å²) in [5.74, 6) is 0.833. The molecule has 0 aromatic carbocycles. The Balaban J connectivity index is 0. The molecule has 48 heavy (non-hydrogen) atoms. The number of likely N-dealkylation sites (tertiary alicyclic amines) is 3. The maximum absolute atomic E-state index is 2.56. The standard InChI is InChI=1S/3C8H17N.2C7H11N.C4H10.CH4/c3*1-8(2)9-6-4-3-5-7-9;2*1-7(2)8-5-3-4-6-8;1-4(2)3;/h3*8H,3-7H2,1-2H3;2*3-7H,1-2H3;4H,1-3H3;1H4. The van der Waals surface area contributed by atoms with Crippen LogP contribution in [0.3, 0.4) is 0 Å². The number of aromatic nitrogens is 2. The molecule has 5 nitrogen and oxygen atoms in total. The second-order valence-electron chi connectivity index (χ2n) is 15.8. The van der Waals surface area contributed by atoms with Crippen LogP contribution < -0.4 is 0 Å². The molecule has 5 heteroatoms. The Kier molecular flexibility index (Phi) is 30.6. The van der Waals surface area contributed by atoms with Crippen LogP contribution in [0.15, 0.2) is 49.1 Å². The van der Waals surface area contributed by atoms with E-state index in [2.05, 4.69) is 139 Å². The summed E-state index contributed by atoms with van der Waals surface area (Å²) in [6, 6.07) is 11.7. The van der Waals surface area contributed by atoms with Crippen LogP contribution in [-0.2, 0) is 0 Å². The molecule has 2 aromatic heterocycles. The largest absolute Gasteiger partial charge is 0.352 e. The number of piperidine rings is 3. The van der Waals surface area contributed by atoms with E-state index < -0.39 is 0 Å². The van der Waals surface area contributed by atoms with Crippen molar-refractivity contribution in [3.63, 3.8) is 0 Å². The lowest BCUT2D eigenvalue weighted by Gasteiger charge is -2.29. The minimum absolute atomic E-state index is 0. The Morgan fingerprint density at radius 3 is 0.604 bits per heavy atom. The maximum Gasteiger partial charge on any atom is 0.0274 e. The van der Waals surface area contributed by atoms with Gasteiger partial charge in [-0.25, -0.2) is 0 Å². The zero-order valence-electron chi connectivity index (χ0n) is 33.9. The van der Waals surface area contributed by atoms with E-state index in [0.717, 1.165) is 24.0 Å². The van der Waals surface area contributed by atoms with Gasteiger partial charge in [-0.15, -0.1) is 0 Å². The van der Waals surface area contributed by atoms with Gasteiger partial charge in [-0.3, -0.25) is 0 Å². The first-order valence-corrected chi connectivity index (χ1v) is 19.7. The van der Waals surface area contributed by atoms with Gasteiger partial charge in [0.15, 0.2) is 0 Å². The summed E-state index contributed by atoms with van der Waals surface area (Å²) >= 11 is 0. The first-order chi connectivity index (χ1) is 22.3. The van der Waals surface area contributed by atoms with E-state index in [-0.39, 0.29) is 7.43 Å². The second-order valence-corrected chi connectivity index (χ2v) is 15.8. The van der Waals surface area contributed by atoms with Crippen molar-refractivity contribution in [3.8, 4) is 0 Å². The molecule has 0 saturated carbocycles. The molecule has 0 unspecified atom stereocenters. The summed E-state index contributed by atoms with van der Waals surface area (Å²) in [5.41, 5.74) is 0. The predicted molar refractivity (Wildman–Crippen MR) is 219 cm³/mol. The third-order valence-corrected chi connectivity index (χ3v) is 8.81. The average molecular weight is 674 g/mol. The van der Waals surface area contributed by atoms with Crippen LogP contribution in [0.1, 0.15) is 167 Å². The lowest BCUT2D eigenvalue weighted by Crippen LogP contribution is -2.35. The molecule has 0 atom stereocenters. The molecule has 0 bridgehead atoms. The Morgan fingerprint density at radius 1 is 0.312 bits per heavy atom. The Bertz CT molecular complexity index is 771. The zero-order valence-corrected chi connectivity index (χ0v) is 33.9. The van der Waals surface area contributed by atoms with Crippen molar-refractivity contribution in [2.45, 2.75) is 185 Å². The third-order valence-electron chi connectivity index (χ3n) is 8.81. The maximum atomic E-state index is 2.56. The molecule has 5 rings (SSSR count). The molecule has 2 aromatic rings. The molecule has 0 radical (unpaired) electrons. The van der Waals surface area contributed by atoms with Crippen LogP contribution in [0.2, 0.25) is 0 Å². The first kappa shape index (κ1) is 48.6. The second kappa shape index (κ2) is 30.3. The van der Waals surface area contributed by atoms with Gasteiger partial charge in [0.2, 0.25) is 0 Å². The van der Waals surface area contributed by atoms with Crippen molar-refractivity contribution in [2.24, 2.45) is 5.92 Å². The van der Waals surface area contributed by atoms with E-state index in [9.17, 15) is 0 Å². The highest BCUT2D eigenvalue weighted by molar-refractivity contribution is 4.92. The van der Waals surface area contributed by atoms with Crippen molar-refractivity contribution in [1.29, 1.82) is 0 Å². The molecule has 284 valence electrons. The highest BCUT2D eigenvalue weighted by Crippen LogP contribution is 2.12. The summed E-state index contributed by atoms with van der Waals surface area (Å²) in [6.07, 6.45) is 21.1. The van der Waals surface area contributed by atoms with Gasteiger partial charge in [0.1, 0.15) is 0 Å². The highest BCUT2D eigenvalue weighted by atomic mass is 15.2. The molecular weight excluding hydrogens is 587 g/mol. The van der Waals surface area contributed by atoms with E-state index in [1.807, 2.05) is 24.3 Å². The molecule has 0 spiro atoms. The van der Waals surface area contributed by atoms with Crippen LogP contribution in [0.25, 0.3) is 0 Å². The molecule has 3 aliphatic rings. The van der Waals surface area contributed by atoms with E-state index in [4.69, 9.17) is 0 Å². The van der Waals surface area contributed by atoms with Gasteiger partial charge < -0.3 is 23.8 Å². The van der Waals surface area contributed by atoms with Gasteiger partial charge in [0, 0.05) is 55.0 Å². The normalized spacial score (nSPS) is 17.1. The van der Waals surface area contributed by atoms with Gasteiger partial charge in [-0.1, -0.05) is 47.5 Å². The van der Waals surface area contributed by atoms with Gasteiger partial charge in [0.05, 0.1) is 0 Å². The number of rotatable bonds is 5. The van der Waals surface area contributed by atoms with E-state index in [1.54, 1.807) is 0 Å². The molecule has 0 N–H and O–H groups in total. The number of hydrogen-bond acceptors (Lipinski definition) is 3. The van der Waals surface area contributed by atoms with Gasteiger partial charge in [-0.05, 0) is 177 Å². The SMILES string of the molecule is C.CC(C)C.CC(C)N1CCCCC1.CC(C)N1CCCCC1.CC(C)N1CCCCC1.CC(C)n1cccc1.CC(C)n1cccc1. The van der Waals surface area contributed by atoms with Crippen LogP contribution in [0.5, 0.6) is 0 Å². The summed E-state index contributed by atoms with van der Waals surface area (Å²) < 4.78 is 4.33. The Morgan fingerprint density at radius 2 is 0.500 bits per heavy atom. The van der Waals surface area contributed by atoms with Gasteiger partial charge in [0.25, 0.3) is 0 Å². The lowest BCUT2D eigenvalue weighted by atomic mass is 10.1. The first-order valence-electron chi connectivity index (χ1n) is 19.7. The number of hydrogen-bond donors (Lipinski definition) is 0. The average Bonchev–Trinajstić information content (AvgIpc) is 3.79. The topological polar surface area (TPSA) is 19.6 Å². The molecular formula is C43H87N5. The van der Waals surface area contributed by atoms with Crippen molar-refractivity contribution in [3.05, 3.63) is 49.1 Å². The Hall–Kier alpha value is -1.56. The van der Waals surface area contributed by atoms with Gasteiger partial charge >= 0.3 is 0 Å². The minimum Gasteiger partial charge on any atom is -0.352 e. The molecule has 3 fully saturated rings. The van der Waals surface area contributed by atoms with Crippen LogP contribution in [0.4, 0.5) is 0 Å². The Labute approximate surface area is 302 Å². The van der Waals surface area contributed by atoms with Crippen molar-refractivity contribution >= 4 is 0 Å². The van der Waals surface area contributed by atoms with E-state index in [1.165, 1.54) is 97.1 Å². The summed E-state index contributed by atoms with van der Waals surface area (Å²) in [4.78, 5) is 7.68. The quantitative estimate of drug-likeness (QED) is 0.315. The fourth-order valence-electron chi connectivity index (χ4n) is 5.69. The molecule has 3 saturated heterocycles. The smallest absolute Gasteiger partial charge is 0.0274 e. The third kappa shape index (κ3) is 26.3. The van der Waals surface area contributed by atoms with Crippen molar-refractivity contribution < 1.29 is 0 Å². The van der Waals surface area contributed by atoms with Crippen molar-refractivity contribution in [1.82, 2.24) is 23.8 Å². The van der Waals surface area contributed by atoms with Gasteiger partial charge in [-0.2, -0.15) is 0 Å². The summed E-state index contributed by atoms with van der Waals surface area (Å²) in [5, 5.41) is 0. The highest BCUT2D eigenvalue weighted by Gasteiger charge is 2.13. The lowest BCUT2D eigenvalue weighted by molar-refractivity contribution is 0.185. The van der Waals surface area contributed by atoms with E-state index in [0.29, 0.717) is 12.1 Å². The molecule has 3 aliphatic heterocycles. The fraction of sp³-hybridized carbons (Fsp3) is 0.814. The fourth-order valence-corrected chi connectivity index (χ4v) is 5.69. The zero-order chi connectivity index (χ0) is 35.6. The van der Waals surface area contributed by atoms with Crippen LogP contribution >= 0.6 is 0 Å². The molecule has 0 amide bonds. The monoisotopic (exact) mass is 674 g/mol. The minimum atomic E-state index is 0. The molecule has 0 aliphatic carbocycles. The number of nitrogens with zero attached hydrogens (tertiary/aromatic N) is 5. The van der Waals surface area contributed by atoms with Crippen molar-refractivity contribution in [2.75, 3.05) is 39.3 Å². The van der Waals surface area contributed by atoms with Crippen LogP contribution in [0, 0.1) is 5.92 Å². The predicted octanol–water partition coefficient (Wildman–Crippen LogP) is 12.1. The summed E-state index contributed by atoms with van der Waals surface area (Å²) in [7, 11) is 0. The van der Waals surface area contributed by atoms with Crippen LogP contribution in [-0.4, -0.2) is 81.2 Å². The summed E-state index contributed by atoms with van der Waals surface area (Å²) in [6.45, 7) is 36.9.